The van der Waals surface area contributed by atoms with Crippen LogP contribution >= 0.6 is 0 Å². The predicted octanol–water partition coefficient (Wildman–Crippen LogP) is 5.18. The molecule has 6 nitrogen and oxygen atoms in total. The number of unbranched alkanes of at least 4 members (excludes halogenated alkanes) is 8. The minimum atomic E-state index is -0.716. The minimum Gasteiger partial charge on any atom is -0.481 e. The number of carboxylic acid groups (broad SMARTS) is 2. The molecule has 0 aliphatic rings. The number of hydrogen-bond acceptors (Lipinski definition) is 4. The Balaban J connectivity index is -0.000000320. The average Bonchev–Trinajstić information content (AvgIpc) is 2.60. The van der Waals surface area contributed by atoms with Crippen molar-refractivity contribution < 1.29 is 24.6 Å². The summed E-state index contributed by atoms with van der Waals surface area (Å²) < 4.78 is 0. The first kappa shape index (κ1) is 30.3. The molecular weight excluding hydrogens is 346 g/mol. The monoisotopic (exact) mass is 389 g/mol. The lowest BCUT2D eigenvalue weighted by Gasteiger charge is -1.93. The van der Waals surface area contributed by atoms with Gasteiger partial charge in [-0.15, -0.1) is 0 Å². The average molecular weight is 390 g/mol. The summed E-state index contributed by atoms with van der Waals surface area (Å²) in [5.74, 6) is -1.07. The summed E-state index contributed by atoms with van der Waals surface area (Å²) >= 11 is 0. The lowest BCUT2D eigenvalue weighted by molar-refractivity contribution is -0.138. The highest BCUT2D eigenvalue weighted by atomic mass is 16.4. The summed E-state index contributed by atoms with van der Waals surface area (Å²) in [6.07, 6.45) is 13.1. The van der Waals surface area contributed by atoms with E-state index in [1.54, 1.807) is 6.92 Å². The Bertz CT molecular complexity index is 293. The Morgan fingerprint density at radius 2 is 1.00 bits per heavy atom. The first-order chi connectivity index (χ1) is 12.8. The fraction of sp³-hybridized carbons (Fsp3) is 0.857. The molecule has 0 spiro atoms. The summed E-state index contributed by atoms with van der Waals surface area (Å²) in [5, 5.41) is 16.4. The van der Waals surface area contributed by atoms with E-state index in [1.165, 1.54) is 25.7 Å². The van der Waals surface area contributed by atoms with E-state index in [0.29, 0.717) is 18.7 Å². The van der Waals surface area contributed by atoms with Gasteiger partial charge in [0.25, 0.3) is 0 Å². The molecule has 0 saturated carbocycles. The minimum absolute atomic E-state index is 0.278. The maximum Gasteiger partial charge on any atom is 0.303 e. The van der Waals surface area contributed by atoms with Crippen LogP contribution in [0, 0.1) is 0 Å². The van der Waals surface area contributed by atoms with Crippen LogP contribution in [0.5, 0.6) is 0 Å². The van der Waals surface area contributed by atoms with Gasteiger partial charge in [-0.3, -0.25) is 9.59 Å². The van der Waals surface area contributed by atoms with Gasteiger partial charge < -0.3 is 20.7 Å². The highest BCUT2D eigenvalue weighted by Gasteiger charge is 1.94. The number of nitrogens with two attached hydrogens (primary N) is 1. The maximum absolute atomic E-state index is 10.4. The van der Waals surface area contributed by atoms with Gasteiger partial charge in [0.2, 0.25) is 0 Å². The van der Waals surface area contributed by atoms with Gasteiger partial charge in [0.1, 0.15) is 5.78 Å². The van der Waals surface area contributed by atoms with Crippen LogP contribution < -0.4 is 5.73 Å². The Kier molecular flexibility index (Phi) is 30.1. The van der Waals surface area contributed by atoms with Gasteiger partial charge in [0.05, 0.1) is 0 Å². The van der Waals surface area contributed by atoms with E-state index >= 15 is 0 Å². The molecule has 0 bridgehead atoms. The van der Waals surface area contributed by atoms with Crippen molar-refractivity contribution in [2.24, 2.45) is 5.73 Å². The molecule has 0 rings (SSSR count). The summed E-state index contributed by atoms with van der Waals surface area (Å²) in [5.41, 5.74) is 5.20. The maximum atomic E-state index is 10.4. The Morgan fingerprint density at radius 1 is 0.630 bits per heavy atom. The molecule has 0 heterocycles. The fourth-order valence-corrected chi connectivity index (χ4v) is 2.10. The predicted molar refractivity (Wildman–Crippen MR) is 111 cm³/mol. The number of rotatable bonds is 15. The standard InChI is InChI=1S/C8H16O.C7H14O2.C6H13NO2/c1-3-4-5-6-7-8(2)9;1-2-3-4-5-6-7(8)9;7-5-3-1-2-4-6(8)9/h3-7H2,1-2H3;2-6H2,1H3,(H,8,9);1-5,7H2,(H,8,9). The zero-order valence-corrected chi connectivity index (χ0v) is 17.8. The first-order valence-electron chi connectivity index (χ1n) is 10.4. The molecule has 0 aromatic carbocycles. The lowest BCUT2D eigenvalue weighted by Crippen LogP contribution is -1.99. The lowest BCUT2D eigenvalue weighted by atomic mass is 10.1. The van der Waals surface area contributed by atoms with E-state index in [4.69, 9.17) is 15.9 Å². The van der Waals surface area contributed by atoms with Gasteiger partial charge in [-0.2, -0.15) is 0 Å². The molecule has 0 saturated heterocycles. The topological polar surface area (TPSA) is 118 Å². The van der Waals surface area contributed by atoms with Crippen molar-refractivity contribution in [1.82, 2.24) is 0 Å². The Morgan fingerprint density at radius 3 is 1.30 bits per heavy atom. The number of aliphatic carboxylic acids is 2. The molecule has 4 N–H and O–H groups in total. The van der Waals surface area contributed by atoms with Crippen molar-refractivity contribution in [2.45, 2.75) is 111 Å². The number of ketones is 1. The second kappa shape index (κ2) is 26.8. The third kappa shape index (κ3) is 45.6. The van der Waals surface area contributed by atoms with Crippen molar-refractivity contribution in [3.8, 4) is 0 Å². The number of carbonyl (C=O) groups excluding carboxylic acids is 1. The molecule has 0 aromatic rings. The Labute approximate surface area is 165 Å². The van der Waals surface area contributed by atoms with E-state index < -0.39 is 11.9 Å². The van der Waals surface area contributed by atoms with Crippen molar-refractivity contribution in [3.05, 3.63) is 0 Å². The molecule has 162 valence electrons. The zero-order chi connectivity index (χ0) is 21.3. The second-order valence-electron chi connectivity index (χ2n) is 6.71. The van der Waals surface area contributed by atoms with E-state index in [0.717, 1.165) is 51.4 Å². The third-order valence-corrected chi connectivity index (χ3v) is 3.72. The fourth-order valence-electron chi connectivity index (χ4n) is 2.10. The van der Waals surface area contributed by atoms with Crippen molar-refractivity contribution in [1.29, 1.82) is 0 Å². The van der Waals surface area contributed by atoms with E-state index in [9.17, 15) is 14.4 Å². The van der Waals surface area contributed by atoms with Crippen LogP contribution in [-0.2, 0) is 14.4 Å². The van der Waals surface area contributed by atoms with Crippen LogP contribution in [0.3, 0.4) is 0 Å². The van der Waals surface area contributed by atoms with E-state index in [-0.39, 0.29) is 6.42 Å². The molecular formula is C21H43NO5. The van der Waals surface area contributed by atoms with E-state index in [2.05, 4.69) is 13.8 Å². The summed E-state index contributed by atoms with van der Waals surface area (Å²) in [6, 6.07) is 0. The van der Waals surface area contributed by atoms with Gasteiger partial charge in [-0.1, -0.05) is 58.8 Å². The van der Waals surface area contributed by atoms with Crippen LogP contribution in [-0.4, -0.2) is 34.5 Å². The Hall–Kier alpha value is -1.43. The summed E-state index contributed by atoms with van der Waals surface area (Å²) in [6.45, 7) is 6.61. The van der Waals surface area contributed by atoms with Gasteiger partial charge in [-0.05, 0) is 39.2 Å². The number of carbonyl (C=O) groups is 3. The van der Waals surface area contributed by atoms with Crippen molar-refractivity contribution in [2.75, 3.05) is 6.54 Å². The third-order valence-electron chi connectivity index (χ3n) is 3.72. The molecule has 0 aromatic heterocycles. The largest absolute Gasteiger partial charge is 0.481 e. The van der Waals surface area contributed by atoms with Crippen molar-refractivity contribution in [3.63, 3.8) is 0 Å². The SMILES string of the molecule is CCCCCCC(=O)O.CCCCCCC(C)=O.NCCCCCC(=O)O. The molecule has 27 heavy (non-hydrogen) atoms. The number of carboxylic acids is 2. The number of Topliss-reactive ketones (excluding diaryl/α,β-unsaturated/α-hetero) is 1. The summed E-state index contributed by atoms with van der Waals surface area (Å²) in [4.78, 5) is 30.3. The van der Waals surface area contributed by atoms with Crippen LogP contribution in [0.2, 0.25) is 0 Å². The van der Waals surface area contributed by atoms with Gasteiger partial charge in [0.15, 0.2) is 0 Å². The molecule has 0 amide bonds. The molecule has 0 aliphatic heterocycles. The van der Waals surface area contributed by atoms with Gasteiger partial charge in [0, 0.05) is 19.3 Å². The molecule has 0 atom stereocenters. The van der Waals surface area contributed by atoms with E-state index in [1.807, 2.05) is 0 Å². The molecule has 6 heteroatoms. The molecule has 0 fully saturated rings. The quantitative estimate of drug-likeness (QED) is 0.332. The van der Waals surface area contributed by atoms with Crippen LogP contribution in [0.4, 0.5) is 0 Å². The van der Waals surface area contributed by atoms with Gasteiger partial charge in [-0.25, -0.2) is 0 Å². The molecule has 0 aliphatic carbocycles. The molecule has 0 radical (unpaired) electrons. The van der Waals surface area contributed by atoms with Gasteiger partial charge >= 0.3 is 11.9 Å². The highest BCUT2D eigenvalue weighted by molar-refractivity contribution is 5.75. The smallest absolute Gasteiger partial charge is 0.303 e. The highest BCUT2D eigenvalue weighted by Crippen LogP contribution is 2.02. The first-order valence-corrected chi connectivity index (χ1v) is 10.4. The van der Waals surface area contributed by atoms with Crippen LogP contribution in [0.15, 0.2) is 0 Å². The summed E-state index contributed by atoms with van der Waals surface area (Å²) in [7, 11) is 0. The zero-order valence-electron chi connectivity index (χ0n) is 17.8. The molecule has 0 unspecified atom stereocenters. The van der Waals surface area contributed by atoms with Crippen LogP contribution in [0.1, 0.15) is 111 Å². The normalized spacial score (nSPS) is 9.48. The number of hydrogen-bond donors (Lipinski definition) is 3. The second-order valence-corrected chi connectivity index (χ2v) is 6.71. The van der Waals surface area contributed by atoms with Crippen LogP contribution in [0.25, 0.3) is 0 Å². The van der Waals surface area contributed by atoms with Crippen molar-refractivity contribution >= 4 is 17.7 Å².